The molecule has 1 fully saturated rings. The van der Waals surface area contributed by atoms with Crippen molar-refractivity contribution in [3.8, 4) is 17.2 Å². The number of para-hydroxylation sites is 2. The molecule has 0 spiro atoms. The topological polar surface area (TPSA) is 48.0 Å². The molecule has 2 aromatic rings. The molecule has 1 aliphatic heterocycles. The average molecular weight is 369 g/mol. The Morgan fingerprint density at radius 2 is 1.78 bits per heavy atom. The maximum Gasteiger partial charge on any atom is 0.260 e. The molecule has 0 N–H and O–H groups in total. The quantitative estimate of drug-likeness (QED) is 0.747. The number of carbonyl (C=O) groups excluding carboxylic acids is 1. The molecular weight excluding hydrogens is 342 g/mol. The van der Waals surface area contributed by atoms with Crippen LogP contribution in [0.3, 0.4) is 0 Å². The number of aryl methyl sites for hydroxylation is 1. The van der Waals surface area contributed by atoms with Gasteiger partial charge in [0.2, 0.25) is 0 Å². The van der Waals surface area contributed by atoms with Crippen molar-refractivity contribution in [3.05, 3.63) is 54.1 Å². The van der Waals surface area contributed by atoms with E-state index < -0.39 is 0 Å². The Balaban J connectivity index is 1.41. The highest BCUT2D eigenvalue weighted by atomic mass is 16.5. The summed E-state index contributed by atoms with van der Waals surface area (Å²) < 4.78 is 16.8. The summed E-state index contributed by atoms with van der Waals surface area (Å²) in [6.45, 7) is 4.28. The highest BCUT2D eigenvalue weighted by Gasteiger charge is 2.23. The number of benzene rings is 2. The first kappa shape index (κ1) is 19.1. The van der Waals surface area contributed by atoms with Crippen LogP contribution in [0.1, 0.15) is 18.4 Å². The van der Waals surface area contributed by atoms with Crippen molar-refractivity contribution in [1.82, 2.24) is 4.90 Å². The molecule has 5 heteroatoms. The van der Waals surface area contributed by atoms with E-state index in [0.29, 0.717) is 24.0 Å². The summed E-state index contributed by atoms with van der Waals surface area (Å²) >= 11 is 0. The first-order valence-corrected chi connectivity index (χ1v) is 9.39. The lowest BCUT2D eigenvalue weighted by atomic mass is 9.98. The summed E-state index contributed by atoms with van der Waals surface area (Å²) in [5.74, 6) is 2.63. The van der Waals surface area contributed by atoms with Gasteiger partial charge in [-0.1, -0.05) is 24.3 Å². The number of nitrogens with zero attached hydrogens (tertiary/aromatic N) is 1. The van der Waals surface area contributed by atoms with Gasteiger partial charge in [0.1, 0.15) is 5.75 Å². The van der Waals surface area contributed by atoms with Crippen LogP contribution >= 0.6 is 0 Å². The predicted molar refractivity (Wildman–Crippen MR) is 104 cm³/mol. The minimum absolute atomic E-state index is 0.0129. The molecule has 0 aliphatic carbocycles. The second-order valence-electron chi connectivity index (χ2n) is 6.89. The second-order valence-corrected chi connectivity index (χ2v) is 6.89. The van der Waals surface area contributed by atoms with Crippen LogP contribution in [-0.2, 0) is 4.79 Å². The number of ether oxygens (including phenoxy) is 3. The van der Waals surface area contributed by atoms with E-state index in [1.165, 1.54) is 5.56 Å². The third kappa shape index (κ3) is 5.39. The number of carbonyl (C=O) groups is 1. The number of rotatable bonds is 7. The Hall–Kier alpha value is -2.69. The molecule has 2 aromatic carbocycles. The van der Waals surface area contributed by atoms with Gasteiger partial charge >= 0.3 is 0 Å². The first-order chi connectivity index (χ1) is 13.2. The average Bonchev–Trinajstić information content (AvgIpc) is 2.71. The summed E-state index contributed by atoms with van der Waals surface area (Å²) in [4.78, 5) is 14.3. The van der Waals surface area contributed by atoms with Crippen LogP contribution < -0.4 is 14.2 Å². The van der Waals surface area contributed by atoms with Crippen molar-refractivity contribution in [2.24, 2.45) is 5.92 Å². The van der Waals surface area contributed by atoms with Gasteiger partial charge in [0.25, 0.3) is 5.91 Å². The lowest BCUT2D eigenvalue weighted by molar-refractivity contribution is -0.134. The molecule has 1 saturated heterocycles. The van der Waals surface area contributed by atoms with E-state index in [2.05, 4.69) is 13.0 Å². The number of methoxy groups -OCH3 is 1. The van der Waals surface area contributed by atoms with E-state index in [9.17, 15) is 4.79 Å². The minimum atomic E-state index is 0.0129. The third-order valence-corrected chi connectivity index (χ3v) is 4.86. The van der Waals surface area contributed by atoms with E-state index >= 15 is 0 Å². The molecule has 0 radical (unpaired) electrons. The van der Waals surface area contributed by atoms with E-state index in [4.69, 9.17) is 14.2 Å². The van der Waals surface area contributed by atoms with Crippen molar-refractivity contribution in [2.45, 2.75) is 19.8 Å². The fourth-order valence-electron chi connectivity index (χ4n) is 3.24. The van der Waals surface area contributed by atoms with Gasteiger partial charge in [0, 0.05) is 13.1 Å². The third-order valence-electron chi connectivity index (χ3n) is 4.86. The summed E-state index contributed by atoms with van der Waals surface area (Å²) in [7, 11) is 1.59. The van der Waals surface area contributed by atoms with Crippen molar-refractivity contribution in [2.75, 3.05) is 33.4 Å². The predicted octanol–water partition coefficient (Wildman–Crippen LogP) is 3.70. The number of likely N-dealkylation sites (tertiary alicyclic amines) is 1. The van der Waals surface area contributed by atoms with Crippen LogP contribution in [-0.4, -0.2) is 44.2 Å². The molecule has 0 aromatic heterocycles. The van der Waals surface area contributed by atoms with Crippen LogP contribution in [0.2, 0.25) is 0 Å². The van der Waals surface area contributed by atoms with Gasteiger partial charge < -0.3 is 19.1 Å². The Morgan fingerprint density at radius 1 is 1.04 bits per heavy atom. The van der Waals surface area contributed by atoms with Crippen molar-refractivity contribution >= 4 is 5.91 Å². The van der Waals surface area contributed by atoms with Gasteiger partial charge in [0.15, 0.2) is 18.1 Å². The van der Waals surface area contributed by atoms with Crippen molar-refractivity contribution < 1.29 is 19.0 Å². The molecular formula is C22H27NO4. The SMILES string of the molecule is COc1ccccc1OCC(=O)N1CCC(COc2cccc(C)c2)CC1. The number of piperidine rings is 1. The maximum absolute atomic E-state index is 12.4. The van der Waals surface area contributed by atoms with E-state index in [0.717, 1.165) is 31.7 Å². The minimum Gasteiger partial charge on any atom is -0.493 e. The van der Waals surface area contributed by atoms with E-state index in [1.807, 2.05) is 41.3 Å². The van der Waals surface area contributed by atoms with Crippen LogP contribution in [0.25, 0.3) is 0 Å². The van der Waals surface area contributed by atoms with E-state index in [1.54, 1.807) is 13.2 Å². The summed E-state index contributed by atoms with van der Waals surface area (Å²) in [6, 6.07) is 15.5. The fourth-order valence-corrected chi connectivity index (χ4v) is 3.24. The van der Waals surface area contributed by atoms with Gasteiger partial charge in [-0.2, -0.15) is 0 Å². The molecule has 1 aliphatic rings. The van der Waals surface area contributed by atoms with Gasteiger partial charge in [-0.15, -0.1) is 0 Å². The highest BCUT2D eigenvalue weighted by Crippen LogP contribution is 2.26. The molecule has 0 bridgehead atoms. The van der Waals surface area contributed by atoms with Gasteiger partial charge in [-0.05, 0) is 55.5 Å². The zero-order chi connectivity index (χ0) is 19.1. The highest BCUT2D eigenvalue weighted by molar-refractivity contribution is 5.78. The van der Waals surface area contributed by atoms with Gasteiger partial charge in [-0.3, -0.25) is 4.79 Å². The molecule has 0 atom stereocenters. The normalized spacial score (nSPS) is 14.7. The molecule has 3 rings (SSSR count). The largest absolute Gasteiger partial charge is 0.493 e. The molecule has 144 valence electrons. The summed E-state index contributed by atoms with van der Waals surface area (Å²) in [6.07, 6.45) is 1.90. The fraction of sp³-hybridized carbons (Fsp3) is 0.409. The van der Waals surface area contributed by atoms with Crippen molar-refractivity contribution in [1.29, 1.82) is 0 Å². The van der Waals surface area contributed by atoms with Gasteiger partial charge in [0.05, 0.1) is 13.7 Å². The Morgan fingerprint density at radius 3 is 2.48 bits per heavy atom. The Kier molecular flexibility index (Phi) is 6.58. The van der Waals surface area contributed by atoms with Gasteiger partial charge in [-0.25, -0.2) is 0 Å². The maximum atomic E-state index is 12.4. The number of amides is 1. The molecule has 5 nitrogen and oxygen atoms in total. The zero-order valence-corrected chi connectivity index (χ0v) is 16.0. The van der Waals surface area contributed by atoms with Crippen molar-refractivity contribution in [3.63, 3.8) is 0 Å². The Labute approximate surface area is 160 Å². The standard InChI is InChI=1S/C22H27NO4/c1-17-6-5-7-19(14-17)26-15-18-10-12-23(13-11-18)22(24)16-27-21-9-4-3-8-20(21)25-2/h3-9,14,18H,10-13,15-16H2,1-2H3. The molecule has 0 saturated carbocycles. The first-order valence-electron chi connectivity index (χ1n) is 9.39. The summed E-state index contributed by atoms with van der Waals surface area (Å²) in [5.41, 5.74) is 1.20. The Bertz CT molecular complexity index is 753. The van der Waals surface area contributed by atoms with Crippen LogP contribution in [0.5, 0.6) is 17.2 Å². The monoisotopic (exact) mass is 369 g/mol. The number of hydrogen-bond donors (Lipinski definition) is 0. The second kappa shape index (κ2) is 9.31. The van der Waals surface area contributed by atoms with Crippen LogP contribution in [0.4, 0.5) is 0 Å². The lowest BCUT2D eigenvalue weighted by Crippen LogP contribution is -2.42. The van der Waals surface area contributed by atoms with Crippen LogP contribution in [0.15, 0.2) is 48.5 Å². The zero-order valence-electron chi connectivity index (χ0n) is 16.0. The number of hydrogen-bond acceptors (Lipinski definition) is 4. The molecule has 1 heterocycles. The smallest absolute Gasteiger partial charge is 0.260 e. The van der Waals surface area contributed by atoms with Crippen LogP contribution in [0, 0.1) is 12.8 Å². The molecule has 0 unspecified atom stereocenters. The van der Waals surface area contributed by atoms with E-state index in [-0.39, 0.29) is 12.5 Å². The molecule has 27 heavy (non-hydrogen) atoms. The molecule has 1 amide bonds. The summed E-state index contributed by atoms with van der Waals surface area (Å²) in [5, 5.41) is 0. The lowest BCUT2D eigenvalue weighted by Gasteiger charge is -2.31.